The van der Waals surface area contributed by atoms with Crippen LogP contribution in [0.25, 0.3) is 11.2 Å². The van der Waals surface area contributed by atoms with E-state index in [2.05, 4.69) is 9.97 Å². The van der Waals surface area contributed by atoms with Gasteiger partial charge in [0.2, 0.25) is 0 Å². The lowest BCUT2D eigenvalue weighted by Crippen LogP contribution is -2.40. The lowest BCUT2D eigenvalue weighted by Gasteiger charge is -2.23. The third-order valence-electron chi connectivity index (χ3n) is 5.32. The van der Waals surface area contributed by atoms with Crippen LogP contribution in [0.1, 0.15) is 32.6 Å². The largest absolute Gasteiger partial charge is 0.463 e. The number of nitrogens with zero attached hydrogens (tertiary/aromatic N) is 3. The van der Waals surface area contributed by atoms with Crippen LogP contribution in [0, 0.1) is 0 Å². The Kier molecular flexibility index (Phi) is 8.12. The van der Waals surface area contributed by atoms with E-state index in [9.17, 15) is 14.4 Å². The van der Waals surface area contributed by atoms with Crippen LogP contribution in [0.3, 0.4) is 0 Å². The summed E-state index contributed by atoms with van der Waals surface area (Å²) in [4.78, 5) is 44.9. The van der Waals surface area contributed by atoms with Gasteiger partial charge in [-0.3, -0.25) is 19.0 Å². The predicted octanol–water partition coefficient (Wildman–Crippen LogP) is 3.70. The van der Waals surface area contributed by atoms with Gasteiger partial charge in [-0.1, -0.05) is 41.9 Å². The van der Waals surface area contributed by atoms with Gasteiger partial charge in [-0.2, -0.15) is 0 Å². The Labute approximate surface area is 216 Å². The molecule has 1 aliphatic heterocycles. The van der Waals surface area contributed by atoms with Crippen molar-refractivity contribution in [3.8, 4) is 0 Å². The van der Waals surface area contributed by atoms with E-state index in [0.717, 1.165) is 10.5 Å². The number of rotatable bonds is 8. The topological polar surface area (TPSA) is 119 Å². The molecule has 2 aromatic heterocycles. The van der Waals surface area contributed by atoms with Crippen LogP contribution in [-0.2, 0) is 39.1 Å². The summed E-state index contributed by atoms with van der Waals surface area (Å²) in [7, 11) is 0. The highest BCUT2D eigenvalue weighted by atomic mass is 35.5. The van der Waals surface area contributed by atoms with Crippen molar-refractivity contribution in [3.63, 3.8) is 0 Å². The third-order valence-corrected chi connectivity index (χ3v) is 6.61. The van der Waals surface area contributed by atoms with Crippen molar-refractivity contribution < 1.29 is 33.3 Å². The van der Waals surface area contributed by atoms with Gasteiger partial charge in [0.25, 0.3) is 0 Å². The standard InChI is InChI=1S/C24H24ClN3O7S/c1-13(29)32-10-17-21(33-14(2)30)22(34-15(3)31)24(35-17)28-12-26-20-18(9-19(25)27-23(20)28)36-11-16-7-5-4-6-8-16/h4-9,12,17,21-22,24H,10-11H2,1-3H3/t17-,21-,22-,24-/m1/s1. The Morgan fingerprint density at radius 2 is 1.75 bits per heavy atom. The zero-order valence-corrected chi connectivity index (χ0v) is 21.3. The monoisotopic (exact) mass is 533 g/mol. The fourth-order valence-electron chi connectivity index (χ4n) is 3.90. The zero-order valence-electron chi connectivity index (χ0n) is 19.8. The molecule has 1 aliphatic rings. The number of fused-ring (bicyclic) bond motifs is 1. The number of pyridine rings is 1. The maximum atomic E-state index is 11.9. The van der Waals surface area contributed by atoms with Crippen LogP contribution in [0.4, 0.5) is 0 Å². The van der Waals surface area contributed by atoms with Crippen LogP contribution in [0.15, 0.2) is 47.6 Å². The number of imidazole rings is 1. The Bertz CT molecular complexity index is 1270. The van der Waals surface area contributed by atoms with E-state index in [1.165, 1.54) is 27.1 Å². The fraction of sp³-hybridized carbons (Fsp3) is 0.375. The molecule has 0 unspecified atom stereocenters. The minimum absolute atomic E-state index is 0.208. The van der Waals surface area contributed by atoms with Crippen molar-refractivity contribution in [2.45, 2.75) is 56.0 Å². The summed E-state index contributed by atoms with van der Waals surface area (Å²) in [5.41, 5.74) is 2.11. The Balaban J connectivity index is 1.70. The van der Waals surface area contributed by atoms with Crippen LogP contribution in [0.2, 0.25) is 5.15 Å². The molecule has 36 heavy (non-hydrogen) atoms. The molecular formula is C24H24ClN3O7S. The highest BCUT2D eigenvalue weighted by molar-refractivity contribution is 7.98. The number of benzene rings is 1. The molecule has 1 saturated heterocycles. The third kappa shape index (κ3) is 5.97. The van der Waals surface area contributed by atoms with Gasteiger partial charge >= 0.3 is 17.9 Å². The number of hydrogen-bond donors (Lipinski definition) is 0. The summed E-state index contributed by atoms with van der Waals surface area (Å²) in [5.74, 6) is -1.05. The first kappa shape index (κ1) is 25.9. The summed E-state index contributed by atoms with van der Waals surface area (Å²) < 4.78 is 23.7. The molecule has 190 valence electrons. The van der Waals surface area contributed by atoms with Crippen LogP contribution in [0.5, 0.6) is 0 Å². The van der Waals surface area contributed by atoms with E-state index < -0.39 is 42.4 Å². The van der Waals surface area contributed by atoms with Crippen molar-refractivity contribution in [2.24, 2.45) is 0 Å². The summed E-state index contributed by atoms with van der Waals surface area (Å²) >= 11 is 7.91. The molecule has 0 spiro atoms. The number of halogens is 1. The van der Waals surface area contributed by atoms with Gasteiger partial charge in [-0.25, -0.2) is 9.97 Å². The van der Waals surface area contributed by atoms with Gasteiger partial charge in [-0.15, -0.1) is 11.8 Å². The average Bonchev–Trinajstić information content (AvgIpc) is 3.37. The molecule has 0 amide bonds. The molecule has 12 heteroatoms. The lowest BCUT2D eigenvalue weighted by atomic mass is 10.1. The van der Waals surface area contributed by atoms with Gasteiger partial charge in [0.1, 0.15) is 23.4 Å². The normalized spacial score (nSPS) is 21.3. The predicted molar refractivity (Wildman–Crippen MR) is 130 cm³/mol. The first-order valence-electron chi connectivity index (χ1n) is 11.1. The quantitative estimate of drug-likeness (QED) is 0.183. The van der Waals surface area contributed by atoms with Crippen molar-refractivity contribution in [3.05, 3.63) is 53.4 Å². The van der Waals surface area contributed by atoms with E-state index in [-0.39, 0.29) is 11.8 Å². The number of thioether (sulfide) groups is 1. The van der Waals surface area contributed by atoms with Crippen molar-refractivity contribution in [2.75, 3.05) is 6.61 Å². The van der Waals surface area contributed by atoms with Gasteiger partial charge in [0.15, 0.2) is 24.1 Å². The zero-order chi connectivity index (χ0) is 25.8. The number of carbonyl (C=O) groups excluding carboxylic acids is 3. The van der Waals surface area contributed by atoms with E-state index in [4.69, 9.17) is 30.5 Å². The summed E-state index contributed by atoms with van der Waals surface area (Å²) in [5, 5.41) is 0.245. The average molecular weight is 534 g/mol. The molecule has 10 nitrogen and oxygen atoms in total. The molecule has 3 heterocycles. The Morgan fingerprint density at radius 1 is 1.06 bits per heavy atom. The van der Waals surface area contributed by atoms with Gasteiger partial charge < -0.3 is 18.9 Å². The second-order valence-corrected chi connectivity index (χ2v) is 9.46. The maximum Gasteiger partial charge on any atom is 0.303 e. The molecule has 0 saturated carbocycles. The van der Waals surface area contributed by atoms with Crippen molar-refractivity contribution in [1.82, 2.24) is 14.5 Å². The van der Waals surface area contributed by atoms with E-state index in [0.29, 0.717) is 16.9 Å². The van der Waals surface area contributed by atoms with Crippen molar-refractivity contribution in [1.29, 1.82) is 0 Å². The minimum atomic E-state index is -1.05. The molecular weight excluding hydrogens is 510 g/mol. The molecule has 1 fully saturated rings. The second kappa shape index (κ2) is 11.3. The highest BCUT2D eigenvalue weighted by Crippen LogP contribution is 2.38. The number of carbonyl (C=O) groups is 3. The summed E-state index contributed by atoms with van der Waals surface area (Å²) in [6.45, 7) is 3.51. The number of ether oxygens (including phenoxy) is 4. The molecule has 0 aliphatic carbocycles. The van der Waals surface area contributed by atoms with E-state index in [1.54, 1.807) is 22.4 Å². The maximum absolute atomic E-state index is 11.9. The highest BCUT2D eigenvalue weighted by Gasteiger charge is 2.51. The van der Waals surface area contributed by atoms with Crippen molar-refractivity contribution >= 4 is 52.4 Å². The lowest BCUT2D eigenvalue weighted by molar-refractivity contribution is -0.166. The Morgan fingerprint density at radius 3 is 2.42 bits per heavy atom. The Hall–Kier alpha value is -3.15. The molecule has 4 atom stereocenters. The van der Waals surface area contributed by atoms with Gasteiger partial charge in [-0.05, 0) is 11.6 Å². The molecule has 0 N–H and O–H groups in total. The van der Waals surface area contributed by atoms with Crippen LogP contribution >= 0.6 is 23.4 Å². The minimum Gasteiger partial charge on any atom is -0.463 e. The second-order valence-electron chi connectivity index (χ2n) is 8.06. The molecule has 0 radical (unpaired) electrons. The summed E-state index contributed by atoms with van der Waals surface area (Å²) in [6.07, 6.45) is -2.44. The van der Waals surface area contributed by atoms with Crippen LogP contribution in [-0.4, -0.2) is 57.4 Å². The molecule has 0 bridgehead atoms. The van der Waals surface area contributed by atoms with Crippen LogP contribution < -0.4 is 0 Å². The fourth-order valence-corrected chi connectivity index (χ4v) is 5.14. The first-order chi connectivity index (χ1) is 17.2. The SMILES string of the molecule is CC(=O)OC[C@H]1O[C@@H](n2cnc3c(SCc4ccccc4)cc(Cl)nc32)[C@H](OC(C)=O)[C@@H]1OC(C)=O. The smallest absolute Gasteiger partial charge is 0.303 e. The first-order valence-corrected chi connectivity index (χ1v) is 12.4. The number of aromatic nitrogens is 3. The van der Waals surface area contributed by atoms with E-state index in [1.807, 2.05) is 30.3 Å². The number of esters is 3. The molecule has 4 rings (SSSR count). The summed E-state index contributed by atoms with van der Waals surface area (Å²) in [6, 6.07) is 11.7. The van der Waals surface area contributed by atoms with Gasteiger partial charge in [0, 0.05) is 31.4 Å². The van der Waals surface area contributed by atoms with Gasteiger partial charge in [0.05, 0.1) is 6.33 Å². The van der Waals surface area contributed by atoms with E-state index >= 15 is 0 Å². The number of hydrogen-bond acceptors (Lipinski definition) is 10. The molecule has 3 aromatic rings. The molecule has 1 aromatic carbocycles.